The lowest BCUT2D eigenvalue weighted by atomic mass is 10.8. The van der Waals surface area contributed by atoms with E-state index < -0.39 is 16.5 Å². The van der Waals surface area contributed by atoms with Gasteiger partial charge in [-0.3, -0.25) is 0 Å². The average Bonchev–Trinajstić information content (AvgIpc) is 1.56. The first-order valence-electron chi connectivity index (χ1n) is 2.57. The molecule has 0 saturated heterocycles. The van der Waals surface area contributed by atoms with Crippen LogP contribution in [0, 0.1) is 0 Å². The van der Waals surface area contributed by atoms with E-state index in [0.717, 1.165) is 0 Å². The Bertz CT molecular complexity index is 115. The van der Waals surface area contributed by atoms with Crippen LogP contribution in [-0.2, 0) is 0 Å². The van der Waals surface area contributed by atoms with Gasteiger partial charge in [-0.05, 0) is 62.1 Å². The van der Waals surface area contributed by atoms with Crippen LogP contribution in [0.1, 0.15) is 6.92 Å². The largest absolute Gasteiger partial charge is 0.169 e. The van der Waals surface area contributed by atoms with Crippen molar-refractivity contribution in [3.05, 3.63) is 0 Å². The topological polar surface area (TPSA) is 3.24 Å². The van der Waals surface area contributed by atoms with Crippen molar-refractivity contribution in [3.8, 4) is 0 Å². The molecule has 0 fully saturated rings. The quantitative estimate of drug-likeness (QED) is 0.697. The second kappa shape index (κ2) is 4.56. The Morgan fingerprint density at radius 1 is 1.09 bits per heavy atom. The third-order valence-corrected chi connectivity index (χ3v) is 7.83. The van der Waals surface area contributed by atoms with Crippen molar-refractivity contribution in [1.82, 2.24) is 3.71 Å². The Kier molecular flexibility index (Phi) is 5.43. The van der Waals surface area contributed by atoms with E-state index in [1.807, 2.05) is 6.92 Å². The summed E-state index contributed by atoms with van der Waals surface area (Å²) < 4.78 is 1.49. The highest BCUT2D eigenvalue weighted by Gasteiger charge is 2.33. The maximum absolute atomic E-state index is 5.83. The normalized spacial score (nSPS) is 17.1. The van der Waals surface area contributed by atoms with Gasteiger partial charge >= 0.3 is 0 Å². The van der Waals surface area contributed by atoms with Crippen molar-refractivity contribution < 1.29 is 0 Å². The first-order valence-corrected chi connectivity index (χ1v) is 10.3. The Morgan fingerprint density at radius 3 is 1.45 bits per heavy atom. The van der Waals surface area contributed by atoms with Crippen LogP contribution in [0.3, 0.4) is 0 Å². The van der Waals surface area contributed by atoms with Gasteiger partial charge in [0, 0.05) is 12.8 Å². The Labute approximate surface area is 92.7 Å². The van der Waals surface area contributed by atoms with Gasteiger partial charge in [-0.1, -0.05) is 6.92 Å². The zero-order valence-electron chi connectivity index (χ0n) is 5.86. The van der Waals surface area contributed by atoms with E-state index in [1.54, 1.807) is 6.26 Å². The predicted octanol–water partition coefficient (Wildman–Crippen LogP) is 5.15. The second-order valence-corrected chi connectivity index (χ2v) is 14.5. The van der Waals surface area contributed by atoms with Crippen molar-refractivity contribution in [3.63, 3.8) is 0 Å². The molecule has 11 heavy (non-hydrogen) atoms. The van der Waals surface area contributed by atoms with E-state index in [9.17, 15) is 0 Å². The highest BCUT2D eigenvalue weighted by molar-refractivity contribution is 8.83. The third kappa shape index (κ3) is 4.77. The van der Waals surface area contributed by atoms with Gasteiger partial charge in [-0.2, -0.15) is 3.71 Å². The SMILES string of the molecule is CCN(S(C)(Cl)Cl)S(Cl)(Cl)Cl. The molecule has 0 aromatic rings. The van der Waals surface area contributed by atoms with Gasteiger partial charge in [0.1, 0.15) is 0 Å². The minimum Gasteiger partial charge on any atom is -0.169 e. The minimum atomic E-state index is -2.35. The highest BCUT2D eigenvalue weighted by Crippen LogP contribution is 2.77. The van der Waals surface area contributed by atoms with Crippen LogP contribution in [0.15, 0.2) is 0 Å². The van der Waals surface area contributed by atoms with Crippen molar-refractivity contribution in [2.24, 2.45) is 0 Å². The van der Waals surface area contributed by atoms with E-state index >= 15 is 0 Å². The molecule has 0 aliphatic rings. The molecule has 0 spiro atoms. The molecule has 0 saturated carbocycles. The lowest BCUT2D eigenvalue weighted by Gasteiger charge is -2.40. The maximum atomic E-state index is 5.83. The third-order valence-electron chi connectivity index (χ3n) is 0.847. The molecule has 72 valence electrons. The van der Waals surface area contributed by atoms with Crippen LogP contribution in [0.25, 0.3) is 0 Å². The molecule has 0 aliphatic heterocycles. The zero-order valence-corrected chi connectivity index (χ0v) is 11.3. The fourth-order valence-electron chi connectivity index (χ4n) is 0.521. The van der Waals surface area contributed by atoms with Gasteiger partial charge in [-0.15, -0.1) is 0 Å². The number of rotatable bonds is 3. The van der Waals surface area contributed by atoms with Crippen LogP contribution >= 0.6 is 69.9 Å². The smallest absolute Gasteiger partial charge is 0.0658 e. The van der Waals surface area contributed by atoms with Crippen LogP contribution in [-0.4, -0.2) is 16.5 Å². The summed E-state index contributed by atoms with van der Waals surface area (Å²) in [4.78, 5) is 0. The molecule has 0 aromatic carbocycles. The van der Waals surface area contributed by atoms with Crippen LogP contribution < -0.4 is 0 Å². The first-order chi connectivity index (χ1) is 4.69. The van der Waals surface area contributed by atoms with E-state index in [2.05, 4.69) is 0 Å². The number of hydrogen-bond donors (Lipinski definition) is 0. The van der Waals surface area contributed by atoms with Gasteiger partial charge in [0.25, 0.3) is 0 Å². The second-order valence-electron chi connectivity index (χ2n) is 1.72. The van der Waals surface area contributed by atoms with E-state index in [4.69, 9.17) is 53.4 Å². The number of nitrogens with zero attached hydrogens (tertiary/aromatic N) is 1. The van der Waals surface area contributed by atoms with Crippen LogP contribution in [0.2, 0.25) is 0 Å². The van der Waals surface area contributed by atoms with Crippen molar-refractivity contribution >= 4 is 69.9 Å². The fourth-order valence-corrected chi connectivity index (χ4v) is 10.0. The molecule has 0 amide bonds. The summed E-state index contributed by atoms with van der Waals surface area (Å²) in [5, 5.41) is 0. The molecule has 0 N–H and O–H groups in total. The number of hydrogen-bond acceptors (Lipinski definition) is 1. The van der Waals surface area contributed by atoms with Gasteiger partial charge in [0.2, 0.25) is 0 Å². The molecule has 0 heterocycles. The summed E-state index contributed by atoms with van der Waals surface area (Å²) >= 11 is 0. The molecule has 0 aromatic heterocycles. The minimum absolute atomic E-state index is 0.532. The van der Waals surface area contributed by atoms with Crippen LogP contribution in [0.4, 0.5) is 0 Å². The van der Waals surface area contributed by atoms with Crippen molar-refractivity contribution in [1.29, 1.82) is 0 Å². The van der Waals surface area contributed by atoms with Gasteiger partial charge in [0.15, 0.2) is 0 Å². The standard InChI is InChI=1S/C3H8Cl5NS2/c1-3-9(10(2,4)5)11(6,7)8/h3H2,1-2H3. The predicted molar refractivity (Wildman–Crippen MR) is 62.8 cm³/mol. The van der Waals surface area contributed by atoms with Crippen molar-refractivity contribution in [2.75, 3.05) is 12.8 Å². The molecule has 1 nitrogen and oxygen atoms in total. The first kappa shape index (κ1) is 13.1. The Morgan fingerprint density at radius 2 is 1.45 bits per heavy atom. The summed E-state index contributed by atoms with van der Waals surface area (Å²) in [7, 11) is 24.4. The molecule has 0 rings (SSSR count). The van der Waals surface area contributed by atoms with Gasteiger partial charge in [-0.25, -0.2) is 0 Å². The molecular formula is C3H8Cl5NS2. The molecule has 8 heteroatoms. The van der Waals surface area contributed by atoms with E-state index in [0.29, 0.717) is 6.54 Å². The average molecular weight is 300 g/mol. The molecule has 0 aliphatic carbocycles. The van der Waals surface area contributed by atoms with E-state index in [-0.39, 0.29) is 0 Å². The summed E-state index contributed by atoms with van der Waals surface area (Å²) in [6.07, 6.45) is 1.65. The molecule has 0 radical (unpaired) electrons. The highest BCUT2D eigenvalue weighted by atomic mass is 36.2. The van der Waals surface area contributed by atoms with Gasteiger partial charge in [0.05, 0.1) is 7.85 Å². The summed E-state index contributed by atoms with van der Waals surface area (Å²) in [6.45, 7) is 2.37. The monoisotopic (exact) mass is 297 g/mol. The molecule has 0 bridgehead atoms. The Hall–Kier alpha value is 2.11. The van der Waals surface area contributed by atoms with Crippen LogP contribution in [0.5, 0.6) is 0 Å². The Balaban J connectivity index is 4.43. The molecule has 0 unspecified atom stereocenters. The summed E-state index contributed by atoms with van der Waals surface area (Å²) in [5.41, 5.74) is 0. The maximum Gasteiger partial charge on any atom is 0.0658 e. The van der Waals surface area contributed by atoms with Gasteiger partial charge < -0.3 is 0 Å². The zero-order chi connectivity index (χ0) is 9.28. The lowest BCUT2D eigenvalue weighted by Crippen LogP contribution is -2.16. The lowest BCUT2D eigenvalue weighted by molar-refractivity contribution is 0.787. The van der Waals surface area contributed by atoms with E-state index in [1.165, 1.54) is 3.71 Å². The molecular weight excluding hydrogens is 291 g/mol. The number of halogens is 5. The summed E-state index contributed by atoms with van der Waals surface area (Å²) in [5.74, 6) is 0. The van der Waals surface area contributed by atoms with Crippen molar-refractivity contribution in [2.45, 2.75) is 6.92 Å². The fraction of sp³-hybridized carbons (Fsp3) is 1.00. The summed E-state index contributed by atoms with van der Waals surface area (Å²) in [6, 6.07) is 0. The molecule has 0 atom stereocenters.